The van der Waals surface area contributed by atoms with E-state index in [0.717, 1.165) is 30.2 Å². The van der Waals surface area contributed by atoms with Gasteiger partial charge in [0, 0.05) is 41.8 Å². The number of nitrogens with zero attached hydrogens (tertiary/aromatic N) is 1. The third kappa shape index (κ3) is 3.14. The maximum absolute atomic E-state index is 6.21. The first-order valence-corrected chi connectivity index (χ1v) is 6.75. The van der Waals surface area contributed by atoms with Crippen molar-refractivity contribution < 1.29 is 0 Å². The molecule has 1 heterocycles. The van der Waals surface area contributed by atoms with E-state index in [-0.39, 0.29) is 0 Å². The Balaban J connectivity index is 2.09. The van der Waals surface area contributed by atoms with Gasteiger partial charge in [-0.25, -0.2) is 0 Å². The van der Waals surface area contributed by atoms with Gasteiger partial charge in [0.05, 0.1) is 0 Å². The summed E-state index contributed by atoms with van der Waals surface area (Å²) >= 11 is 12.1. The highest BCUT2D eigenvalue weighted by atomic mass is 35.5. The van der Waals surface area contributed by atoms with E-state index < -0.39 is 0 Å². The van der Waals surface area contributed by atoms with Gasteiger partial charge < -0.3 is 5.32 Å². The molecule has 1 saturated heterocycles. The number of halogens is 2. The van der Waals surface area contributed by atoms with Crippen molar-refractivity contribution in [3.63, 3.8) is 0 Å². The lowest BCUT2D eigenvalue weighted by molar-refractivity contribution is 0.131. The first-order valence-electron chi connectivity index (χ1n) is 5.99. The van der Waals surface area contributed by atoms with Gasteiger partial charge in [-0.15, -0.1) is 0 Å². The van der Waals surface area contributed by atoms with Crippen LogP contribution in [0.25, 0.3) is 0 Å². The molecule has 0 bridgehead atoms. The number of benzene rings is 1. The van der Waals surface area contributed by atoms with E-state index in [9.17, 15) is 0 Å². The molecular weight excluding hydrogens is 255 g/mol. The first kappa shape index (κ1) is 13.2. The smallest absolute Gasteiger partial charge is 0.0465 e. The molecule has 1 aromatic rings. The average Bonchev–Trinajstić information content (AvgIpc) is 2.28. The third-order valence-corrected chi connectivity index (χ3v) is 4.14. The van der Waals surface area contributed by atoms with Crippen molar-refractivity contribution in [2.75, 3.05) is 13.1 Å². The topological polar surface area (TPSA) is 15.3 Å². The highest BCUT2D eigenvalue weighted by Crippen LogP contribution is 2.23. The largest absolute Gasteiger partial charge is 0.311 e. The number of rotatable bonds is 2. The summed E-state index contributed by atoms with van der Waals surface area (Å²) in [5.41, 5.74) is 1.15. The van der Waals surface area contributed by atoms with E-state index in [0.29, 0.717) is 17.1 Å². The molecule has 0 aliphatic carbocycles. The minimum Gasteiger partial charge on any atom is -0.311 e. The zero-order valence-corrected chi connectivity index (χ0v) is 11.7. The van der Waals surface area contributed by atoms with Crippen LogP contribution in [0.2, 0.25) is 10.0 Å². The monoisotopic (exact) mass is 272 g/mol. The van der Waals surface area contributed by atoms with E-state index in [1.807, 2.05) is 18.2 Å². The van der Waals surface area contributed by atoms with Crippen molar-refractivity contribution in [2.24, 2.45) is 0 Å². The maximum atomic E-state index is 6.21. The van der Waals surface area contributed by atoms with Crippen LogP contribution in [-0.2, 0) is 6.54 Å². The zero-order valence-electron chi connectivity index (χ0n) is 10.2. The summed E-state index contributed by atoms with van der Waals surface area (Å²) in [4.78, 5) is 2.45. The van der Waals surface area contributed by atoms with Crippen LogP contribution in [0, 0.1) is 0 Å². The third-order valence-electron chi connectivity index (χ3n) is 3.55. The fourth-order valence-electron chi connectivity index (χ4n) is 2.22. The second-order valence-electron chi connectivity index (χ2n) is 4.69. The standard InChI is InChI=1S/C13H18Cl2N2/c1-9-10(2)17(6-5-16-9)8-11-3-4-12(14)7-13(11)15/h3-4,7,9-10,16H,5-6,8H2,1-2H3. The molecular formula is C13H18Cl2N2. The lowest BCUT2D eigenvalue weighted by atomic mass is 10.1. The van der Waals surface area contributed by atoms with Crippen LogP contribution in [0.3, 0.4) is 0 Å². The Bertz CT molecular complexity index is 395. The van der Waals surface area contributed by atoms with Crippen LogP contribution in [0.4, 0.5) is 0 Å². The summed E-state index contributed by atoms with van der Waals surface area (Å²) < 4.78 is 0. The van der Waals surface area contributed by atoms with Crippen LogP contribution >= 0.6 is 23.2 Å². The van der Waals surface area contributed by atoms with E-state index in [4.69, 9.17) is 23.2 Å². The molecule has 0 spiro atoms. The maximum Gasteiger partial charge on any atom is 0.0465 e. The normalized spacial score (nSPS) is 26.1. The summed E-state index contributed by atoms with van der Waals surface area (Å²) in [7, 11) is 0. The molecule has 4 heteroatoms. The Hall–Kier alpha value is -0.280. The quantitative estimate of drug-likeness (QED) is 0.890. The molecule has 1 aliphatic heterocycles. The Kier molecular flexibility index (Phi) is 4.31. The van der Waals surface area contributed by atoms with E-state index in [1.165, 1.54) is 0 Å². The summed E-state index contributed by atoms with van der Waals surface area (Å²) in [5.74, 6) is 0. The van der Waals surface area contributed by atoms with Crippen LogP contribution < -0.4 is 5.32 Å². The minimum atomic E-state index is 0.523. The molecule has 0 saturated carbocycles. The van der Waals surface area contributed by atoms with Crippen molar-refractivity contribution in [2.45, 2.75) is 32.5 Å². The lowest BCUT2D eigenvalue weighted by Crippen LogP contribution is -2.54. The molecule has 94 valence electrons. The fourth-order valence-corrected chi connectivity index (χ4v) is 2.69. The van der Waals surface area contributed by atoms with Crippen LogP contribution in [0.1, 0.15) is 19.4 Å². The van der Waals surface area contributed by atoms with Gasteiger partial charge in [-0.2, -0.15) is 0 Å². The lowest BCUT2D eigenvalue weighted by Gasteiger charge is -2.38. The van der Waals surface area contributed by atoms with E-state index in [1.54, 1.807) is 0 Å². The molecule has 1 fully saturated rings. The number of piperazine rings is 1. The van der Waals surface area contributed by atoms with E-state index >= 15 is 0 Å². The molecule has 0 aromatic heterocycles. The number of hydrogen-bond donors (Lipinski definition) is 1. The Morgan fingerprint density at radius 3 is 2.82 bits per heavy atom. The number of hydrogen-bond acceptors (Lipinski definition) is 2. The van der Waals surface area contributed by atoms with E-state index in [2.05, 4.69) is 24.1 Å². The van der Waals surface area contributed by atoms with Crippen molar-refractivity contribution in [1.29, 1.82) is 0 Å². The van der Waals surface area contributed by atoms with Gasteiger partial charge in [0.25, 0.3) is 0 Å². The van der Waals surface area contributed by atoms with Gasteiger partial charge in [-0.05, 0) is 31.5 Å². The molecule has 17 heavy (non-hydrogen) atoms. The Labute approximate surface area is 113 Å². The van der Waals surface area contributed by atoms with Gasteiger partial charge >= 0.3 is 0 Å². The second kappa shape index (κ2) is 5.57. The molecule has 0 amide bonds. The Morgan fingerprint density at radius 2 is 2.12 bits per heavy atom. The first-order chi connectivity index (χ1) is 8.08. The van der Waals surface area contributed by atoms with Gasteiger partial charge in [-0.1, -0.05) is 29.3 Å². The molecule has 2 atom stereocenters. The van der Waals surface area contributed by atoms with Crippen LogP contribution in [-0.4, -0.2) is 30.1 Å². The molecule has 2 nitrogen and oxygen atoms in total. The molecule has 2 rings (SSSR count). The fraction of sp³-hybridized carbons (Fsp3) is 0.538. The predicted molar refractivity (Wildman–Crippen MR) is 73.8 cm³/mol. The summed E-state index contributed by atoms with van der Waals surface area (Å²) in [5, 5.41) is 4.93. The SMILES string of the molecule is CC1NCCN(Cc2ccc(Cl)cc2Cl)C1C. The minimum absolute atomic E-state index is 0.523. The van der Waals surface area contributed by atoms with Gasteiger partial charge in [0.1, 0.15) is 0 Å². The summed E-state index contributed by atoms with van der Waals surface area (Å²) in [6.07, 6.45) is 0. The van der Waals surface area contributed by atoms with Crippen molar-refractivity contribution >= 4 is 23.2 Å². The van der Waals surface area contributed by atoms with Crippen LogP contribution in [0.15, 0.2) is 18.2 Å². The molecule has 1 aliphatic rings. The van der Waals surface area contributed by atoms with Crippen molar-refractivity contribution in [1.82, 2.24) is 10.2 Å². The zero-order chi connectivity index (χ0) is 12.4. The van der Waals surface area contributed by atoms with Gasteiger partial charge in [0.15, 0.2) is 0 Å². The van der Waals surface area contributed by atoms with Crippen LogP contribution in [0.5, 0.6) is 0 Å². The highest BCUT2D eigenvalue weighted by molar-refractivity contribution is 6.35. The molecule has 2 unspecified atom stereocenters. The average molecular weight is 273 g/mol. The van der Waals surface area contributed by atoms with Crippen molar-refractivity contribution in [3.8, 4) is 0 Å². The summed E-state index contributed by atoms with van der Waals surface area (Å²) in [6.45, 7) is 7.46. The van der Waals surface area contributed by atoms with Gasteiger partial charge in [0.2, 0.25) is 0 Å². The molecule has 1 aromatic carbocycles. The second-order valence-corrected chi connectivity index (χ2v) is 5.53. The Morgan fingerprint density at radius 1 is 1.35 bits per heavy atom. The highest BCUT2D eigenvalue weighted by Gasteiger charge is 2.24. The van der Waals surface area contributed by atoms with Gasteiger partial charge in [-0.3, -0.25) is 4.90 Å². The number of nitrogens with one attached hydrogen (secondary N) is 1. The molecule has 0 radical (unpaired) electrons. The summed E-state index contributed by atoms with van der Waals surface area (Å²) in [6, 6.07) is 6.78. The predicted octanol–water partition coefficient (Wildman–Crippen LogP) is 3.18. The molecule has 1 N–H and O–H groups in total. The van der Waals surface area contributed by atoms with Crippen molar-refractivity contribution in [3.05, 3.63) is 33.8 Å².